The van der Waals surface area contributed by atoms with Crippen molar-refractivity contribution in [1.29, 1.82) is 0 Å². The molecular weight excluding hydrogens is 553 g/mol. The predicted octanol–water partition coefficient (Wildman–Crippen LogP) is 9.01. The first-order valence-electron chi connectivity index (χ1n) is 14.0. The number of carbonyl (C=O) groups is 1. The summed E-state index contributed by atoms with van der Waals surface area (Å²) < 4.78 is 14.3. The molecule has 1 fully saturated rings. The number of aromatic nitrogens is 1. The van der Waals surface area contributed by atoms with Crippen molar-refractivity contribution in [2.24, 2.45) is 5.41 Å². The molecule has 0 aliphatic heterocycles. The summed E-state index contributed by atoms with van der Waals surface area (Å²) in [5.41, 5.74) is 4.48. The predicted molar refractivity (Wildman–Crippen MR) is 170 cm³/mol. The molecule has 41 heavy (non-hydrogen) atoms. The summed E-state index contributed by atoms with van der Waals surface area (Å²) in [6.45, 7) is 3.62. The maximum atomic E-state index is 14.3. The molecule has 3 atom stereocenters. The van der Waals surface area contributed by atoms with E-state index in [2.05, 4.69) is 36.4 Å². The van der Waals surface area contributed by atoms with E-state index in [1.165, 1.54) is 0 Å². The SMILES string of the molecule is CC(C)(O)c1ccccc1CC[C@@H](SC[C@]1(CC=O)C[C@@H]1F)c1cccc(/C=C/c2ccc3ccc(Cl)cc3n2)c1. The van der Waals surface area contributed by atoms with Gasteiger partial charge in [0.2, 0.25) is 0 Å². The number of carbonyl (C=O) groups excluding carboxylic acids is 1. The van der Waals surface area contributed by atoms with Crippen LogP contribution >= 0.6 is 23.4 Å². The molecular formula is C35H35ClFNO2S. The zero-order valence-corrected chi connectivity index (χ0v) is 25.0. The van der Waals surface area contributed by atoms with Gasteiger partial charge in [0.1, 0.15) is 12.5 Å². The molecule has 0 saturated heterocycles. The van der Waals surface area contributed by atoms with Crippen LogP contribution < -0.4 is 0 Å². The van der Waals surface area contributed by atoms with Crippen LogP contribution in [0, 0.1) is 5.41 Å². The molecule has 3 nitrogen and oxygen atoms in total. The Morgan fingerprint density at radius 1 is 1.10 bits per heavy atom. The molecule has 1 heterocycles. The van der Waals surface area contributed by atoms with Gasteiger partial charge in [0.05, 0.1) is 16.8 Å². The minimum Gasteiger partial charge on any atom is -0.386 e. The molecule has 1 saturated carbocycles. The van der Waals surface area contributed by atoms with Crippen LogP contribution in [0.1, 0.15) is 66.3 Å². The number of hydrogen-bond acceptors (Lipinski definition) is 4. The van der Waals surface area contributed by atoms with Crippen LogP contribution in [0.3, 0.4) is 0 Å². The fourth-order valence-electron chi connectivity index (χ4n) is 5.36. The van der Waals surface area contributed by atoms with Gasteiger partial charge >= 0.3 is 0 Å². The van der Waals surface area contributed by atoms with Gasteiger partial charge in [-0.3, -0.25) is 0 Å². The van der Waals surface area contributed by atoms with Crippen molar-refractivity contribution >= 4 is 52.7 Å². The Bertz CT molecular complexity index is 1570. The Balaban J connectivity index is 1.38. The minimum atomic E-state index is -0.935. The number of aldehydes is 1. The van der Waals surface area contributed by atoms with Crippen molar-refractivity contribution in [2.45, 2.75) is 56.6 Å². The van der Waals surface area contributed by atoms with Gasteiger partial charge in [0, 0.05) is 33.2 Å². The number of thioether (sulfide) groups is 1. The maximum absolute atomic E-state index is 14.3. The number of benzene rings is 3. The third-order valence-corrected chi connectivity index (χ3v) is 9.80. The monoisotopic (exact) mass is 587 g/mol. The molecule has 1 N–H and O–H groups in total. The smallest absolute Gasteiger partial charge is 0.120 e. The lowest BCUT2D eigenvalue weighted by Crippen LogP contribution is -2.18. The Hall–Kier alpha value is -2.99. The van der Waals surface area contributed by atoms with Crippen LogP contribution in [-0.2, 0) is 16.8 Å². The number of hydrogen-bond donors (Lipinski definition) is 1. The van der Waals surface area contributed by atoms with Crippen LogP contribution in [0.25, 0.3) is 23.1 Å². The van der Waals surface area contributed by atoms with Gasteiger partial charge in [-0.2, -0.15) is 11.8 Å². The fourth-order valence-corrected chi connectivity index (χ4v) is 7.10. The first-order valence-corrected chi connectivity index (χ1v) is 15.4. The molecule has 212 valence electrons. The standard InChI is InChI=1S/C35H35ClFNO2S/c1-34(2,40)30-9-4-3-7-25(30)13-17-32(41-23-35(18-19-39)22-33(35)37)27-8-5-6-24(20-27)10-15-29-16-12-26-11-14-28(36)21-31(26)38-29/h3-12,14-16,19-21,32-33,40H,13,17-18,22-23H2,1-2H3/b15-10+/t32-,33+,35+/m1/s1. The Morgan fingerprint density at radius 3 is 2.63 bits per heavy atom. The summed E-state index contributed by atoms with van der Waals surface area (Å²) in [5, 5.41) is 12.5. The second kappa shape index (κ2) is 12.5. The summed E-state index contributed by atoms with van der Waals surface area (Å²) >= 11 is 7.90. The van der Waals surface area contributed by atoms with E-state index in [-0.39, 0.29) is 11.7 Å². The Labute approximate surface area is 250 Å². The molecule has 0 unspecified atom stereocenters. The van der Waals surface area contributed by atoms with Crippen molar-refractivity contribution in [2.75, 3.05) is 5.75 Å². The number of fused-ring (bicyclic) bond motifs is 1. The molecule has 1 aliphatic carbocycles. The zero-order chi connectivity index (χ0) is 29.0. The van der Waals surface area contributed by atoms with E-state index in [0.717, 1.165) is 58.0 Å². The van der Waals surface area contributed by atoms with Gasteiger partial charge in [-0.05, 0) is 79.6 Å². The number of alkyl halides is 1. The highest BCUT2D eigenvalue weighted by Gasteiger charge is 2.54. The van der Waals surface area contributed by atoms with Gasteiger partial charge in [0.25, 0.3) is 0 Å². The lowest BCUT2D eigenvalue weighted by Gasteiger charge is -2.24. The summed E-state index contributed by atoms with van der Waals surface area (Å²) in [4.78, 5) is 16.0. The van der Waals surface area contributed by atoms with E-state index < -0.39 is 17.2 Å². The average Bonchev–Trinajstić information content (AvgIpc) is 3.59. The first kappa shape index (κ1) is 29.5. The lowest BCUT2D eigenvalue weighted by molar-refractivity contribution is -0.108. The number of nitrogens with zero attached hydrogens (tertiary/aromatic N) is 1. The molecule has 6 heteroatoms. The van der Waals surface area contributed by atoms with Crippen LogP contribution in [0.4, 0.5) is 4.39 Å². The van der Waals surface area contributed by atoms with E-state index >= 15 is 0 Å². The van der Waals surface area contributed by atoms with Gasteiger partial charge < -0.3 is 9.90 Å². The molecule has 0 radical (unpaired) electrons. The molecule has 1 aromatic heterocycles. The normalized spacial score (nSPS) is 19.5. The van der Waals surface area contributed by atoms with E-state index in [0.29, 0.717) is 17.2 Å². The van der Waals surface area contributed by atoms with Crippen LogP contribution in [0.5, 0.6) is 0 Å². The third-order valence-electron chi connectivity index (χ3n) is 7.91. The van der Waals surface area contributed by atoms with E-state index in [9.17, 15) is 14.3 Å². The molecule has 4 aromatic rings. The summed E-state index contributed by atoms with van der Waals surface area (Å²) in [6, 6.07) is 26.2. The number of halogens is 2. The van der Waals surface area contributed by atoms with Crippen LogP contribution in [0.2, 0.25) is 5.02 Å². The maximum Gasteiger partial charge on any atom is 0.120 e. The highest BCUT2D eigenvalue weighted by molar-refractivity contribution is 7.99. The fraction of sp³-hybridized carbons (Fsp3) is 0.314. The Kier molecular flexibility index (Phi) is 8.98. The van der Waals surface area contributed by atoms with Gasteiger partial charge in [-0.1, -0.05) is 78.3 Å². The second-order valence-electron chi connectivity index (χ2n) is 11.5. The largest absolute Gasteiger partial charge is 0.386 e. The number of pyridine rings is 1. The van der Waals surface area contributed by atoms with Crippen molar-refractivity contribution in [3.8, 4) is 0 Å². The molecule has 1 aliphatic rings. The van der Waals surface area contributed by atoms with Crippen molar-refractivity contribution in [3.05, 3.63) is 112 Å². The van der Waals surface area contributed by atoms with Gasteiger partial charge in [-0.25, -0.2) is 9.37 Å². The summed E-state index contributed by atoms with van der Waals surface area (Å²) in [7, 11) is 0. The van der Waals surface area contributed by atoms with Crippen LogP contribution in [0.15, 0.2) is 78.9 Å². The molecule has 0 bridgehead atoms. The van der Waals surface area contributed by atoms with Crippen molar-refractivity contribution < 1.29 is 14.3 Å². The number of rotatable bonds is 12. The molecule has 0 amide bonds. The summed E-state index contributed by atoms with van der Waals surface area (Å²) in [6.07, 6.45) is 6.33. The van der Waals surface area contributed by atoms with E-state index in [1.54, 1.807) is 11.8 Å². The minimum absolute atomic E-state index is 0.107. The zero-order valence-electron chi connectivity index (χ0n) is 23.4. The van der Waals surface area contributed by atoms with Crippen molar-refractivity contribution in [1.82, 2.24) is 4.98 Å². The van der Waals surface area contributed by atoms with Crippen LogP contribution in [-0.4, -0.2) is 28.3 Å². The highest BCUT2D eigenvalue weighted by Crippen LogP contribution is 2.55. The molecule has 0 spiro atoms. The van der Waals surface area contributed by atoms with Gasteiger partial charge in [0.15, 0.2) is 0 Å². The second-order valence-corrected chi connectivity index (χ2v) is 13.2. The highest BCUT2D eigenvalue weighted by atomic mass is 35.5. The average molecular weight is 588 g/mol. The van der Waals surface area contributed by atoms with Crippen molar-refractivity contribution in [3.63, 3.8) is 0 Å². The summed E-state index contributed by atoms with van der Waals surface area (Å²) in [5.74, 6) is 0.606. The molecule has 5 rings (SSSR count). The quantitative estimate of drug-likeness (QED) is 0.168. The lowest BCUT2D eigenvalue weighted by atomic mass is 9.90. The molecule has 3 aromatic carbocycles. The van der Waals surface area contributed by atoms with E-state index in [1.807, 2.05) is 68.5 Å². The number of aliphatic hydroxyl groups is 1. The first-order chi connectivity index (χ1) is 19.7. The van der Waals surface area contributed by atoms with Gasteiger partial charge in [-0.15, -0.1) is 0 Å². The number of aryl methyl sites for hydroxylation is 1. The van der Waals surface area contributed by atoms with E-state index in [4.69, 9.17) is 16.6 Å². The topological polar surface area (TPSA) is 50.2 Å². The Morgan fingerprint density at radius 2 is 1.88 bits per heavy atom. The third kappa shape index (κ3) is 7.27.